The van der Waals surface area contributed by atoms with Crippen LogP contribution in [0.4, 0.5) is 10.5 Å². The molecule has 0 unspecified atom stereocenters. The van der Waals surface area contributed by atoms with Gasteiger partial charge in [0.1, 0.15) is 0 Å². The summed E-state index contributed by atoms with van der Waals surface area (Å²) >= 11 is 1.45. The first-order valence-electron chi connectivity index (χ1n) is 8.40. The van der Waals surface area contributed by atoms with E-state index in [1.54, 1.807) is 18.2 Å². The summed E-state index contributed by atoms with van der Waals surface area (Å²) in [6.45, 7) is 0.471. The normalized spacial score (nSPS) is 13.7. The molecule has 0 bridgehead atoms. The van der Waals surface area contributed by atoms with Crippen molar-refractivity contribution < 1.29 is 9.90 Å². The van der Waals surface area contributed by atoms with Crippen LogP contribution in [-0.2, 0) is 6.54 Å². The largest absolute Gasteiger partial charge is 0.465 e. The summed E-state index contributed by atoms with van der Waals surface area (Å²) in [5, 5.41) is 23.3. The lowest BCUT2D eigenvalue weighted by atomic mass is 10.2. The number of aromatic amines is 1. The Bertz CT molecular complexity index is 1160. The summed E-state index contributed by atoms with van der Waals surface area (Å²) in [4.78, 5) is 25.8. The SMILES string of the molecule is O=C(O)Nc1cccc(CNC2=NN=C(n3c(=O)[nH]c4ccccc43)CS2)c1. The number of H-pyrrole nitrogens is 1. The van der Waals surface area contributed by atoms with Gasteiger partial charge in [0.15, 0.2) is 11.0 Å². The van der Waals surface area contributed by atoms with Gasteiger partial charge in [0.25, 0.3) is 0 Å². The number of aromatic nitrogens is 2. The Kier molecular flexibility index (Phi) is 4.85. The fourth-order valence-corrected chi connectivity index (χ4v) is 3.59. The number of hydrogen-bond acceptors (Lipinski definition) is 6. The van der Waals surface area contributed by atoms with Crippen molar-refractivity contribution in [1.82, 2.24) is 14.9 Å². The van der Waals surface area contributed by atoms with E-state index in [4.69, 9.17) is 5.11 Å². The fraction of sp³-hybridized carbons (Fsp3) is 0.111. The van der Waals surface area contributed by atoms with E-state index in [1.807, 2.05) is 30.3 Å². The number of amides is 1. The molecule has 1 amide bonds. The number of benzene rings is 2. The average Bonchev–Trinajstić information content (AvgIpc) is 3.02. The Balaban J connectivity index is 1.48. The van der Waals surface area contributed by atoms with E-state index in [0.29, 0.717) is 29.0 Å². The third kappa shape index (κ3) is 3.76. The molecule has 1 aliphatic rings. The molecule has 2 heterocycles. The molecule has 4 N–H and O–H groups in total. The topological polar surface area (TPSA) is 124 Å². The maximum Gasteiger partial charge on any atom is 0.409 e. The number of rotatable bonds is 3. The molecule has 9 nitrogen and oxygen atoms in total. The molecule has 0 atom stereocenters. The van der Waals surface area contributed by atoms with Gasteiger partial charge in [-0.3, -0.25) is 5.32 Å². The predicted octanol–water partition coefficient (Wildman–Crippen LogP) is 2.47. The number of fused-ring (bicyclic) bond motifs is 1. The molecular weight excluding hydrogens is 380 g/mol. The lowest BCUT2D eigenvalue weighted by Crippen LogP contribution is -2.31. The molecule has 1 aliphatic heterocycles. The number of hydrogen-bond donors (Lipinski definition) is 4. The third-order valence-corrected chi connectivity index (χ3v) is 4.97. The van der Waals surface area contributed by atoms with Gasteiger partial charge in [0.05, 0.1) is 16.8 Å². The zero-order chi connectivity index (χ0) is 19.5. The van der Waals surface area contributed by atoms with E-state index in [2.05, 4.69) is 25.8 Å². The van der Waals surface area contributed by atoms with Gasteiger partial charge in [-0.05, 0) is 29.8 Å². The highest BCUT2D eigenvalue weighted by Gasteiger charge is 2.17. The van der Waals surface area contributed by atoms with Gasteiger partial charge in [-0.15, -0.1) is 10.2 Å². The number of thioether (sulfide) groups is 1. The molecule has 2 aromatic carbocycles. The van der Waals surface area contributed by atoms with Crippen molar-refractivity contribution in [3.8, 4) is 0 Å². The van der Waals surface area contributed by atoms with Crippen molar-refractivity contribution in [3.63, 3.8) is 0 Å². The second-order valence-corrected chi connectivity index (χ2v) is 6.94. The number of amidine groups is 1. The quantitative estimate of drug-likeness (QED) is 0.541. The minimum absolute atomic E-state index is 0.241. The number of carboxylic acid groups (broad SMARTS) is 1. The summed E-state index contributed by atoms with van der Waals surface area (Å²) in [6.07, 6.45) is -1.10. The van der Waals surface area contributed by atoms with E-state index in [-0.39, 0.29) is 5.69 Å². The first-order valence-corrected chi connectivity index (χ1v) is 9.39. The first-order chi connectivity index (χ1) is 13.6. The van der Waals surface area contributed by atoms with Crippen LogP contribution >= 0.6 is 11.8 Å². The molecule has 10 heteroatoms. The highest BCUT2D eigenvalue weighted by atomic mass is 32.2. The van der Waals surface area contributed by atoms with E-state index < -0.39 is 6.09 Å². The zero-order valence-electron chi connectivity index (χ0n) is 14.5. The van der Waals surface area contributed by atoms with E-state index in [0.717, 1.165) is 16.6 Å². The van der Waals surface area contributed by atoms with Crippen LogP contribution in [-0.4, -0.2) is 37.5 Å². The van der Waals surface area contributed by atoms with Gasteiger partial charge in [-0.25, -0.2) is 14.2 Å². The molecule has 142 valence electrons. The lowest BCUT2D eigenvalue weighted by Gasteiger charge is -2.14. The van der Waals surface area contributed by atoms with Crippen LogP contribution in [0.5, 0.6) is 0 Å². The van der Waals surface area contributed by atoms with E-state index in [9.17, 15) is 9.59 Å². The maximum absolute atomic E-state index is 12.2. The Morgan fingerprint density at radius 3 is 2.86 bits per heavy atom. The van der Waals surface area contributed by atoms with Gasteiger partial charge in [-0.2, -0.15) is 0 Å². The fourth-order valence-electron chi connectivity index (χ4n) is 2.86. The Hall–Kier alpha value is -3.53. The number of carbonyl (C=O) groups is 1. The van der Waals surface area contributed by atoms with Crippen LogP contribution in [0.1, 0.15) is 5.56 Å². The van der Waals surface area contributed by atoms with Gasteiger partial charge < -0.3 is 15.4 Å². The van der Waals surface area contributed by atoms with Crippen molar-refractivity contribution in [1.29, 1.82) is 0 Å². The lowest BCUT2D eigenvalue weighted by molar-refractivity contribution is 0.210. The standard InChI is InChI=1S/C18H16N6O3S/c25-17-21-13-6-1-2-7-14(13)24(17)15-10-28-16(23-22-15)19-9-11-4-3-5-12(8-11)20-18(26)27/h1-8,20H,9-10H2,(H,19,23)(H,21,25)(H,26,27). The highest BCUT2D eigenvalue weighted by molar-refractivity contribution is 8.14. The van der Waals surface area contributed by atoms with Gasteiger partial charge in [-0.1, -0.05) is 36.0 Å². The molecule has 0 fully saturated rings. The van der Waals surface area contributed by atoms with Gasteiger partial charge >= 0.3 is 11.8 Å². The van der Waals surface area contributed by atoms with Gasteiger partial charge in [0, 0.05) is 12.2 Å². The summed E-state index contributed by atoms with van der Waals surface area (Å²) in [5.41, 5.74) is 2.68. The van der Waals surface area contributed by atoms with Crippen molar-refractivity contribution >= 4 is 45.6 Å². The second kappa shape index (κ2) is 7.61. The van der Waals surface area contributed by atoms with Crippen molar-refractivity contribution in [2.75, 3.05) is 11.1 Å². The van der Waals surface area contributed by atoms with Crippen LogP contribution in [0.15, 0.2) is 63.5 Å². The second-order valence-electron chi connectivity index (χ2n) is 5.98. The van der Waals surface area contributed by atoms with Crippen LogP contribution in [0.25, 0.3) is 11.0 Å². The Labute approximate surface area is 163 Å². The van der Waals surface area contributed by atoms with E-state index in [1.165, 1.54) is 16.3 Å². The number of anilines is 1. The number of imidazole rings is 1. The summed E-state index contributed by atoms with van der Waals surface area (Å²) in [7, 11) is 0. The smallest absolute Gasteiger partial charge is 0.409 e. The van der Waals surface area contributed by atoms with Crippen LogP contribution in [0.2, 0.25) is 0 Å². The van der Waals surface area contributed by atoms with Crippen LogP contribution in [0, 0.1) is 0 Å². The molecule has 1 aromatic heterocycles. The van der Waals surface area contributed by atoms with Gasteiger partial charge in [0.2, 0.25) is 0 Å². The molecule has 0 saturated carbocycles. The third-order valence-electron chi connectivity index (χ3n) is 4.06. The number of para-hydroxylation sites is 2. The summed E-state index contributed by atoms with van der Waals surface area (Å²) < 4.78 is 1.53. The van der Waals surface area contributed by atoms with E-state index >= 15 is 0 Å². The Morgan fingerprint density at radius 1 is 1.21 bits per heavy atom. The summed E-state index contributed by atoms with van der Waals surface area (Å²) in [6, 6.07) is 14.5. The monoisotopic (exact) mass is 396 g/mol. The predicted molar refractivity (Wildman–Crippen MR) is 110 cm³/mol. The molecular formula is C18H16N6O3S. The highest BCUT2D eigenvalue weighted by Crippen LogP contribution is 2.16. The zero-order valence-corrected chi connectivity index (χ0v) is 15.4. The maximum atomic E-state index is 12.2. The minimum atomic E-state index is -1.10. The molecule has 0 spiro atoms. The molecule has 4 rings (SSSR count). The minimum Gasteiger partial charge on any atom is -0.465 e. The Morgan fingerprint density at radius 2 is 2.07 bits per heavy atom. The van der Waals surface area contributed by atoms with Crippen molar-refractivity contribution in [2.24, 2.45) is 10.2 Å². The van der Waals surface area contributed by atoms with Crippen molar-refractivity contribution in [3.05, 3.63) is 64.6 Å². The molecule has 0 radical (unpaired) electrons. The average molecular weight is 396 g/mol. The number of nitrogens with one attached hydrogen (secondary N) is 3. The van der Waals surface area contributed by atoms with Crippen LogP contribution in [0.3, 0.4) is 0 Å². The first kappa shape index (κ1) is 17.9. The molecule has 3 aromatic rings. The number of nitrogens with zero attached hydrogens (tertiary/aromatic N) is 3. The molecule has 0 saturated heterocycles. The molecule has 0 aliphatic carbocycles. The van der Waals surface area contributed by atoms with Crippen molar-refractivity contribution in [2.45, 2.75) is 6.54 Å². The van der Waals surface area contributed by atoms with Crippen LogP contribution < -0.4 is 16.3 Å². The molecule has 28 heavy (non-hydrogen) atoms. The summed E-state index contributed by atoms with van der Waals surface area (Å²) in [5.74, 6) is 1.06.